The Labute approximate surface area is 123 Å². The molecular weight excluding hydrogens is 268 g/mol. The van der Waals surface area contributed by atoms with Crippen molar-refractivity contribution in [3.8, 4) is 11.3 Å². The highest BCUT2D eigenvalue weighted by molar-refractivity contribution is 5.83. The van der Waals surface area contributed by atoms with Crippen LogP contribution >= 0.6 is 0 Å². The van der Waals surface area contributed by atoms with E-state index in [-0.39, 0.29) is 0 Å². The molecule has 0 bridgehead atoms. The molecule has 0 aliphatic carbocycles. The lowest BCUT2D eigenvalue weighted by atomic mass is 10.1. The van der Waals surface area contributed by atoms with Crippen molar-refractivity contribution >= 4 is 11.9 Å². The summed E-state index contributed by atoms with van der Waals surface area (Å²) in [4.78, 5) is 24.3. The van der Waals surface area contributed by atoms with E-state index >= 15 is 0 Å². The van der Waals surface area contributed by atoms with E-state index in [1.807, 2.05) is 19.1 Å². The van der Waals surface area contributed by atoms with Gasteiger partial charge in [-0.1, -0.05) is 0 Å². The molecule has 0 unspecified atom stereocenters. The molecule has 2 rings (SSSR count). The number of anilines is 1. The van der Waals surface area contributed by atoms with Gasteiger partial charge in [-0.25, -0.2) is 9.78 Å². The van der Waals surface area contributed by atoms with Gasteiger partial charge in [0.15, 0.2) is 5.82 Å². The molecule has 2 aromatic rings. The number of hydrogen-bond donors (Lipinski definition) is 1. The van der Waals surface area contributed by atoms with Crippen LogP contribution < -0.4 is 5.32 Å². The van der Waals surface area contributed by atoms with Gasteiger partial charge in [-0.15, -0.1) is 0 Å². The minimum atomic E-state index is -0.554. The summed E-state index contributed by atoms with van der Waals surface area (Å²) >= 11 is 0. The van der Waals surface area contributed by atoms with Crippen molar-refractivity contribution in [2.45, 2.75) is 33.3 Å². The molecule has 0 aliphatic heterocycles. The minimum absolute atomic E-state index is 0.342. The quantitative estimate of drug-likeness (QED) is 0.917. The predicted molar refractivity (Wildman–Crippen MR) is 79.9 cm³/mol. The molecule has 0 radical (unpaired) electrons. The van der Waals surface area contributed by atoms with E-state index in [1.165, 1.54) is 6.20 Å². The lowest BCUT2D eigenvalue weighted by molar-refractivity contribution is 0.0635. The third kappa shape index (κ3) is 4.24. The largest absolute Gasteiger partial charge is 0.444 e. The summed E-state index contributed by atoms with van der Waals surface area (Å²) in [6.07, 6.45) is 4.26. The van der Waals surface area contributed by atoms with Crippen LogP contribution in [-0.2, 0) is 4.74 Å². The fraction of sp³-hybridized carbons (Fsp3) is 0.333. The highest BCUT2D eigenvalue weighted by Gasteiger charge is 2.16. The SMILES string of the molecule is Cc1ncccc1-c1cnc(NC(=O)OC(C)(C)C)cn1. The Bertz CT molecular complexity index is 633. The minimum Gasteiger partial charge on any atom is -0.444 e. The Balaban J connectivity index is 2.10. The molecule has 1 N–H and O–H groups in total. The summed E-state index contributed by atoms with van der Waals surface area (Å²) in [7, 11) is 0. The van der Waals surface area contributed by atoms with Gasteiger partial charge in [0.25, 0.3) is 0 Å². The number of rotatable bonds is 2. The molecule has 0 aromatic carbocycles. The van der Waals surface area contributed by atoms with Gasteiger partial charge < -0.3 is 4.74 Å². The fourth-order valence-corrected chi connectivity index (χ4v) is 1.69. The molecule has 2 heterocycles. The van der Waals surface area contributed by atoms with E-state index in [4.69, 9.17) is 4.74 Å². The van der Waals surface area contributed by atoms with Crippen LogP contribution in [0.15, 0.2) is 30.7 Å². The smallest absolute Gasteiger partial charge is 0.413 e. The maximum absolute atomic E-state index is 11.6. The molecule has 0 saturated heterocycles. The zero-order valence-corrected chi connectivity index (χ0v) is 12.5. The zero-order valence-electron chi connectivity index (χ0n) is 12.5. The highest BCUT2D eigenvalue weighted by atomic mass is 16.6. The molecule has 6 nitrogen and oxygen atoms in total. The third-order valence-corrected chi connectivity index (χ3v) is 2.56. The van der Waals surface area contributed by atoms with E-state index in [9.17, 15) is 4.79 Å². The summed E-state index contributed by atoms with van der Waals surface area (Å²) in [5, 5.41) is 2.54. The number of aryl methyl sites for hydroxylation is 1. The van der Waals surface area contributed by atoms with E-state index in [2.05, 4.69) is 20.3 Å². The highest BCUT2D eigenvalue weighted by Crippen LogP contribution is 2.19. The Hall–Kier alpha value is -2.50. The molecule has 0 spiro atoms. The number of carbonyl (C=O) groups is 1. The number of nitrogens with zero attached hydrogens (tertiary/aromatic N) is 3. The van der Waals surface area contributed by atoms with Crippen molar-refractivity contribution in [2.75, 3.05) is 5.32 Å². The second kappa shape index (κ2) is 5.87. The second-order valence-electron chi connectivity index (χ2n) is 5.55. The predicted octanol–water partition coefficient (Wildman–Crippen LogP) is 3.19. The first-order valence-electron chi connectivity index (χ1n) is 6.59. The van der Waals surface area contributed by atoms with Crippen molar-refractivity contribution < 1.29 is 9.53 Å². The van der Waals surface area contributed by atoms with Crippen molar-refractivity contribution in [1.29, 1.82) is 0 Å². The van der Waals surface area contributed by atoms with E-state index in [1.54, 1.807) is 33.2 Å². The topological polar surface area (TPSA) is 77.0 Å². The van der Waals surface area contributed by atoms with Crippen molar-refractivity contribution in [2.24, 2.45) is 0 Å². The molecule has 0 fully saturated rings. The number of amides is 1. The molecule has 0 atom stereocenters. The average molecular weight is 286 g/mol. The molecule has 1 amide bonds. The van der Waals surface area contributed by atoms with Gasteiger partial charge >= 0.3 is 6.09 Å². The van der Waals surface area contributed by atoms with Gasteiger partial charge in [-0.3, -0.25) is 15.3 Å². The first-order valence-corrected chi connectivity index (χ1v) is 6.59. The summed E-state index contributed by atoms with van der Waals surface area (Å²) in [5.41, 5.74) is 1.94. The molecule has 0 saturated carbocycles. The summed E-state index contributed by atoms with van der Waals surface area (Å²) in [5.74, 6) is 0.342. The van der Waals surface area contributed by atoms with Crippen molar-refractivity contribution in [1.82, 2.24) is 15.0 Å². The first kappa shape index (κ1) is 14.9. The number of aromatic nitrogens is 3. The Morgan fingerprint density at radius 3 is 2.52 bits per heavy atom. The maximum Gasteiger partial charge on any atom is 0.413 e. The van der Waals surface area contributed by atoms with Gasteiger partial charge in [-0.05, 0) is 39.8 Å². The second-order valence-corrected chi connectivity index (χ2v) is 5.55. The number of nitrogens with one attached hydrogen (secondary N) is 1. The van der Waals surface area contributed by atoms with Crippen LogP contribution in [0, 0.1) is 6.92 Å². The number of carbonyl (C=O) groups excluding carboxylic acids is 1. The van der Waals surface area contributed by atoms with Crippen LogP contribution in [0.1, 0.15) is 26.5 Å². The van der Waals surface area contributed by atoms with Gasteiger partial charge in [0, 0.05) is 17.5 Å². The maximum atomic E-state index is 11.6. The van der Waals surface area contributed by atoms with Crippen LogP contribution in [0.2, 0.25) is 0 Å². The van der Waals surface area contributed by atoms with Crippen LogP contribution in [0.25, 0.3) is 11.3 Å². The standard InChI is InChI=1S/C15H18N4O2/c1-10-11(6-5-7-16-10)12-8-18-13(9-17-12)19-14(20)21-15(2,3)4/h5-9H,1-4H3,(H,18,19,20). The third-order valence-electron chi connectivity index (χ3n) is 2.56. The van der Waals surface area contributed by atoms with Gasteiger partial charge in [0.05, 0.1) is 18.1 Å². The van der Waals surface area contributed by atoms with Crippen LogP contribution in [0.5, 0.6) is 0 Å². The van der Waals surface area contributed by atoms with E-state index in [0.29, 0.717) is 11.5 Å². The van der Waals surface area contributed by atoms with Crippen LogP contribution in [0.4, 0.5) is 10.6 Å². The van der Waals surface area contributed by atoms with Gasteiger partial charge in [0.1, 0.15) is 5.60 Å². The number of hydrogen-bond acceptors (Lipinski definition) is 5. The van der Waals surface area contributed by atoms with Crippen LogP contribution in [0.3, 0.4) is 0 Å². The lowest BCUT2D eigenvalue weighted by Gasteiger charge is -2.19. The fourth-order valence-electron chi connectivity index (χ4n) is 1.69. The Kier molecular flexibility index (Phi) is 4.16. The Morgan fingerprint density at radius 1 is 1.19 bits per heavy atom. The summed E-state index contributed by atoms with van der Waals surface area (Å²) < 4.78 is 5.15. The summed E-state index contributed by atoms with van der Waals surface area (Å²) in [6, 6.07) is 3.77. The molecular formula is C15H18N4O2. The Morgan fingerprint density at radius 2 is 1.95 bits per heavy atom. The molecule has 0 aliphatic rings. The van der Waals surface area contributed by atoms with Crippen molar-refractivity contribution in [3.63, 3.8) is 0 Å². The summed E-state index contributed by atoms with van der Waals surface area (Å²) in [6.45, 7) is 7.30. The van der Waals surface area contributed by atoms with E-state index < -0.39 is 11.7 Å². The molecule has 110 valence electrons. The van der Waals surface area contributed by atoms with Crippen molar-refractivity contribution in [3.05, 3.63) is 36.4 Å². The average Bonchev–Trinajstić information content (AvgIpc) is 2.38. The zero-order chi connectivity index (χ0) is 15.5. The number of pyridine rings is 1. The monoisotopic (exact) mass is 286 g/mol. The van der Waals surface area contributed by atoms with Crippen LogP contribution in [-0.4, -0.2) is 26.6 Å². The molecule has 21 heavy (non-hydrogen) atoms. The normalized spacial score (nSPS) is 11.0. The van der Waals surface area contributed by atoms with Gasteiger partial charge in [-0.2, -0.15) is 0 Å². The molecule has 2 aromatic heterocycles. The molecule has 6 heteroatoms. The first-order chi connectivity index (χ1) is 9.85. The van der Waals surface area contributed by atoms with Gasteiger partial charge in [0.2, 0.25) is 0 Å². The lowest BCUT2D eigenvalue weighted by Crippen LogP contribution is -2.27. The van der Waals surface area contributed by atoms with E-state index in [0.717, 1.165) is 11.3 Å². The number of ether oxygens (including phenoxy) is 1.